The van der Waals surface area contributed by atoms with Crippen LogP contribution in [0, 0.1) is 16.7 Å². The number of carbonyl (C=O) groups is 2. The van der Waals surface area contributed by atoms with Crippen LogP contribution in [0.2, 0.25) is 0 Å². The number of nitroso groups, excluding NO2 is 1. The molecule has 0 aliphatic heterocycles. The fourth-order valence-electron chi connectivity index (χ4n) is 5.41. The van der Waals surface area contributed by atoms with E-state index in [9.17, 15) is 28.0 Å². The Balaban J connectivity index is 1.86. The first-order valence-electron chi connectivity index (χ1n) is 16.5. The summed E-state index contributed by atoms with van der Waals surface area (Å²) in [4.78, 5) is 39.4. The van der Waals surface area contributed by atoms with Gasteiger partial charge in [-0.25, -0.2) is 13.2 Å². The third-order valence-electron chi connectivity index (χ3n) is 8.35. The molecule has 0 saturated heterocycles. The highest BCUT2D eigenvalue weighted by Crippen LogP contribution is 2.21. The minimum Gasteiger partial charge on any atom is -0.399 e. The summed E-state index contributed by atoms with van der Waals surface area (Å²) >= 11 is 0. The lowest BCUT2D eigenvalue weighted by molar-refractivity contribution is -0.125. The largest absolute Gasteiger partial charge is 0.399 e. The average Bonchev–Trinajstić information content (AvgIpc) is 3.06. The number of benzene rings is 3. The zero-order valence-electron chi connectivity index (χ0n) is 29.0. The maximum Gasteiger partial charge on any atom is 0.318 e. The van der Waals surface area contributed by atoms with Crippen LogP contribution in [0.5, 0.6) is 0 Å². The molecule has 4 atom stereocenters. The molecule has 266 valence electrons. The quantitative estimate of drug-likeness (QED) is 0.112. The highest BCUT2D eigenvalue weighted by molar-refractivity contribution is 7.89. The van der Waals surface area contributed by atoms with Crippen molar-refractivity contribution >= 4 is 27.6 Å². The second-order valence-electron chi connectivity index (χ2n) is 12.9. The third-order valence-corrected chi connectivity index (χ3v) is 10.2. The SMILES string of the molecule is CC[C@H](C)[C@H](NC(=O)N(C)Cc1cccc(N)c1)C(=O)N[C@@H](Cc1ccccc1)[C@H](O)CN(CC(C)C)S(=O)(=O)c1ccc(CN=O)cc1. The molecule has 3 aromatic carbocycles. The number of hydrogen-bond donors (Lipinski definition) is 4. The number of amides is 3. The van der Waals surface area contributed by atoms with Gasteiger partial charge in [-0.3, -0.25) is 4.79 Å². The molecule has 3 aromatic rings. The van der Waals surface area contributed by atoms with Gasteiger partial charge in [0, 0.05) is 32.4 Å². The summed E-state index contributed by atoms with van der Waals surface area (Å²) < 4.78 is 28.9. The number of hydrogen-bond acceptors (Lipinski definition) is 8. The molecule has 0 radical (unpaired) electrons. The van der Waals surface area contributed by atoms with E-state index in [4.69, 9.17) is 5.73 Å². The molecule has 12 nitrogen and oxygen atoms in total. The second-order valence-corrected chi connectivity index (χ2v) is 14.9. The Morgan fingerprint density at radius 1 is 0.898 bits per heavy atom. The van der Waals surface area contributed by atoms with Crippen LogP contribution in [0.4, 0.5) is 10.5 Å². The van der Waals surface area contributed by atoms with Gasteiger partial charge in [-0.2, -0.15) is 9.21 Å². The van der Waals surface area contributed by atoms with E-state index in [1.807, 2.05) is 64.1 Å². The Kier molecular flexibility index (Phi) is 14.7. The molecule has 0 unspecified atom stereocenters. The Morgan fingerprint density at radius 3 is 2.14 bits per heavy atom. The van der Waals surface area contributed by atoms with Crippen molar-refractivity contribution in [2.75, 3.05) is 25.9 Å². The van der Waals surface area contributed by atoms with Crippen LogP contribution in [0.1, 0.15) is 50.8 Å². The molecule has 0 aliphatic rings. The highest BCUT2D eigenvalue weighted by Gasteiger charge is 2.34. The van der Waals surface area contributed by atoms with Gasteiger partial charge in [0.05, 0.1) is 17.0 Å². The smallest absolute Gasteiger partial charge is 0.318 e. The predicted molar refractivity (Wildman–Crippen MR) is 192 cm³/mol. The molecule has 13 heteroatoms. The molecule has 0 aromatic heterocycles. The summed E-state index contributed by atoms with van der Waals surface area (Å²) in [5.74, 6) is -0.816. The van der Waals surface area contributed by atoms with E-state index < -0.39 is 40.1 Å². The lowest BCUT2D eigenvalue weighted by atomic mass is 9.96. The monoisotopic (exact) mass is 694 g/mol. The minimum atomic E-state index is -4.06. The number of sulfonamides is 1. The number of nitrogens with zero attached hydrogens (tertiary/aromatic N) is 3. The number of aliphatic hydroxyl groups excluding tert-OH is 1. The molecule has 3 rings (SSSR count). The number of nitrogens with two attached hydrogens (primary N) is 1. The first kappa shape index (κ1) is 39.1. The molecule has 0 aliphatic carbocycles. The number of nitrogens with one attached hydrogen (secondary N) is 2. The third kappa shape index (κ3) is 11.7. The van der Waals surface area contributed by atoms with E-state index in [1.54, 1.807) is 25.2 Å². The lowest BCUT2D eigenvalue weighted by Gasteiger charge is -2.33. The lowest BCUT2D eigenvalue weighted by Crippen LogP contribution is -2.58. The van der Waals surface area contributed by atoms with Gasteiger partial charge in [0.15, 0.2) is 0 Å². The van der Waals surface area contributed by atoms with Crippen molar-refractivity contribution in [2.24, 2.45) is 17.0 Å². The van der Waals surface area contributed by atoms with Crippen LogP contribution >= 0.6 is 0 Å². The number of aliphatic hydroxyl groups is 1. The fourth-order valence-corrected chi connectivity index (χ4v) is 7.03. The van der Waals surface area contributed by atoms with E-state index in [0.29, 0.717) is 17.7 Å². The van der Waals surface area contributed by atoms with Gasteiger partial charge in [0.25, 0.3) is 0 Å². The van der Waals surface area contributed by atoms with Gasteiger partial charge in [0.2, 0.25) is 15.9 Å². The minimum absolute atomic E-state index is 0.0144. The molecule has 3 amide bonds. The molecule has 0 spiro atoms. The van der Waals surface area contributed by atoms with Gasteiger partial charge in [-0.1, -0.05) is 93.9 Å². The molecule has 5 N–H and O–H groups in total. The number of nitrogen functional groups attached to an aromatic ring is 1. The van der Waals surface area contributed by atoms with E-state index >= 15 is 0 Å². The zero-order chi connectivity index (χ0) is 36.1. The van der Waals surface area contributed by atoms with Crippen LogP contribution in [-0.4, -0.2) is 73.0 Å². The Bertz CT molecular complexity index is 1620. The van der Waals surface area contributed by atoms with Crippen LogP contribution < -0.4 is 16.4 Å². The van der Waals surface area contributed by atoms with Gasteiger partial charge >= 0.3 is 6.03 Å². The Labute approximate surface area is 290 Å². The van der Waals surface area contributed by atoms with Gasteiger partial charge in [-0.15, -0.1) is 0 Å². The Hall–Kier alpha value is -4.33. The molecule has 0 fully saturated rings. The zero-order valence-corrected chi connectivity index (χ0v) is 29.8. The normalized spacial score (nSPS) is 14.1. The average molecular weight is 695 g/mol. The van der Waals surface area contributed by atoms with Crippen molar-refractivity contribution in [1.82, 2.24) is 19.8 Å². The standard InChI is InChI=1S/C36H50N6O6S/c1-6-26(4)34(40-36(45)41(5)23-29-13-10-14-30(37)19-29)35(44)39-32(20-27-11-8-7-9-12-27)33(43)24-42(22-25(2)3)49(47,48)31-17-15-28(16-18-31)21-38-46/h7-19,25-26,32-34,43H,6,20-24,37H2,1-5H3,(H,39,44)(H,40,45)/t26-,32-,33+,34-/m0/s1. The van der Waals surface area contributed by atoms with Crippen molar-refractivity contribution in [3.05, 3.63) is 100 Å². The van der Waals surface area contributed by atoms with Crippen molar-refractivity contribution in [2.45, 2.75) is 76.7 Å². The van der Waals surface area contributed by atoms with Crippen molar-refractivity contribution < 1.29 is 23.1 Å². The summed E-state index contributed by atoms with van der Waals surface area (Å²) in [6, 6.07) is 20.1. The highest BCUT2D eigenvalue weighted by atomic mass is 32.2. The summed E-state index contributed by atoms with van der Waals surface area (Å²) in [5.41, 5.74) is 8.72. The summed E-state index contributed by atoms with van der Waals surface area (Å²) in [6.45, 7) is 7.55. The van der Waals surface area contributed by atoms with E-state index in [0.717, 1.165) is 11.1 Å². The topological polar surface area (TPSA) is 174 Å². The number of rotatable bonds is 18. The van der Waals surface area contributed by atoms with Gasteiger partial charge in [0.1, 0.15) is 12.6 Å². The van der Waals surface area contributed by atoms with Crippen molar-refractivity contribution in [3.63, 3.8) is 0 Å². The van der Waals surface area contributed by atoms with Crippen LogP contribution in [0.3, 0.4) is 0 Å². The molecule has 49 heavy (non-hydrogen) atoms. The summed E-state index contributed by atoms with van der Waals surface area (Å²) in [5, 5.41) is 20.4. The predicted octanol–water partition coefficient (Wildman–Crippen LogP) is 4.53. The van der Waals surface area contributed by atoms with Gasteiger partial charge < -0.3 is 26.4 Å². The summed E-state index contributed by atoms with van der Waals surface area (Å²) in [7, 11) is -2.44. The number of carbonyl (C=O) groups excluding carboxylic acids is 2. The fraction of sp³-hybridized carbons (Fsp3) is 0.444. The first-order chi connectivity index (χ1) is 23.2. The maximum absolute atomic E-state index is 13.9. The molecule has 0 bridgehead atoms. The van der Waals surface area contributed by atoms with Gasteiger partial charge in [-0.05, 0) is 59.2 Å². The first-order valence-corrected chi connectivity index (χ1v) is 18.0. The van der Waals surface area contributed by atoms with E-state index in [1.165, 1.54) is 33.5 Å². The number of anilines is 1. The van der Waals surface area contributed by atoms with E-state index in [-0.39, 0.29) is 49.3 Å². The maximum atomic E-state index is 13.9. The molecule has 0 heterocycles. The molecular formula is C36H50N6O6S. The van der Waals surface area contributed by atoms with Crippen LogP contribution in [0.25, 0.3) is 0 Å². The van der Waals surface area contributed by atoms with Crippen molar-refractivity contribution in [1.29, 1.82) is 0 Å². The van der Waals surface area contributed by atoms with Crippen LogP contribution in [0.15, 0.2) is 88.9 Å². The second kappa shape index (κ2) is 18.4. The van der Waals surface area contributed by atoms with Crippen molar-refractivity contribution in [3.8, 4) is 0 Å². The Morgan fingerprint density at radius 2 is 1.55 bits per heavy atom. The summed E-state index contributed by atoms with van der Waals surface area (Å²) in [6.07, 6.45) is -0.505. The molecular weight excluding hydrogens is 644 g/mol. The van der Waals surface area contributed by atoms with Crippen LogP contribution in [-0.2, 0) is 34.3 Å². The van der Waals surface area contributed by atoms with E-state index in [2.05, 4.69) is 15.8 Å². The number of urea groups is 1. The molecule has 0 saturated carbocycles.